The molecule has 21 heavy (non-hydrogen) atoms. The smallest absolute Gasteiger partial charge is 0.313 e. The van der Waals surface area contributed by atoms with Crippen LogP contribution in [0, 0.1) is 0 Å². The van der Waals surface area contributed by atoms with E-state index in [-0.39, 0.29) is 5.91 Å². The zero-order chi connectivity index (χ0) is 15.2. The minimum atomic E-state index is -1.07. The van der Waals surface area contributed by atoms with Crippen molar-refractivity contribution in [1.29, 1.82) is 0 Å². The third-order valence-electron chi connectivity index (χ3n) is 2.66. The van der Waals surface area contributed by atoms with Crippen molar-refractivity contribution < 1.29 is 14.4 Å². The summed E-state index contributed by atoms with van der Waals surface area (Å²) in [6.45, 7) is 0. The first-order valence-corrected chi connectivity index (χ1v) is 6.13. The molecule has 0 radical (unpaired) electrons. The number of rotatable bonds is 3. The van der Waals surface area contributed by atoms with Crippen molar-refractivity contribution in [2.45, 2.75) is 0 Å². The summed E-state index contributed by atoms with van der Waals surface area (Å²) in [4.78, 5) is 33.7. The van der Waals surface area contributed by atoms with Crippen molar-refractivity contribution in [3.8, 4) is 0 Å². The highest BCUT2D eigenvalue weighted by Gasteiger charge is 2.10. The summed E-state index contributed by atoms with van der Waals surface area (Å²) in [5.41, 5.74) is 6.33. The topological polar surface area (TPSA) is 101 Å². The van der Waals surface area contributed by atoms with E-state index in [0.717, 1.165) is 0 Å². The van der Waals surface area contributed by atoms with Gasteiger partial charge in [-0.05, 0) is 36.4 Å². The number of anilines is 2. The Bertz CT molecular complexity index is 666. The first-order chi connectivity index (χ1) is 10.1. The second-order valence-electron chi connectivity index (χ2n) is 4.22. The van der Waals surface area contributed by atoms with Crippen molar-refractivity contribution in [2.75, 3.05) is 10.6 Å². The monoisotopic (exact) mass is 283 g/mol. The lowest BCUT2D eigenvalue weighted by Gasteiger charge is -2.06. The molecule has 6 nitrogen and oxygen atoms in total. The summed E-state index contributed by atoms with van der Waals surface area (Å²) >= 11 is 0. The van der Waals surface area contributed by atoms with Crippen LogP contribution >= 0.6 is 0 Å². The third kappa shape index (κ3) is 3.90. The van der Waals surface area contributed by atoms with E-state index in [0.29, 0.717) is 16.9 Å². The molecule has 0 spiro atoms. The molecule has 0 aliphatic heterocycles. The Morgan fingerprint density at radius 2 is 1.33 bits per heavy atom. The Morgan fingerprint density at radius 3 is 1.90 bits per heavy atom. The van der Waals surface area contributed by atoms with Crippen molar-refractivity contribution in [2.24, 2.45) is 5.73 Å². The molecule has 0 fully saturated rings. The van der Waals surface area contributed by atoms with Crippen LogP contribution in [-0.2, 0) is 9.59 Å². The number of amides is 3. The summed E-state index contributed by atoms with van der Waals surface area (Å²) in [5, 5.41) is 5.05. The molecule has 0 aromatic heterocycles. The lowest BCUT2D eigenvalue weighted by molar-refractivity contribution is -0.134. The van der Waals surface area contributed by atoms with Gasteiger partial charge in [-0.3, -0.25) is 14.4 Å². The molecule has 0 saturated heterocycles. The number of carbonyl (C=O) groups is 3. The summed E-state index contributed by atoms with van der Waals surface area (Å²) in [5.74, 6) is -2.24. The van der Waals surface area contributed by atoms with Gasteiger partial charge in [0.05, 0.1) is 0 Å². The van der Waals surface area contributed by atoms with Crippen LogP contribution in [0.3, 0.4) is 0 Å². The van der Waals surface area contributed by atoms with Gasteiger partial charge in [0.15, 0.2) is 0 Å². The van der Waals surface area contributed by atoms with Gasteiger partial charge in [-0.15, -0.1) is 0 Å². The highest BCUT2D eigenvalue weighted by atomic mass is 16.2. The van der Waals surface area contributed by atoms with Crippen LogP contribution in [-0.4, -0.2) is 17.7 Å². The second kappa shape index (κ2) is 6.33. The van der Waals surface area contributed by atoms with Crippen LogP contribution in [0.2, 0.25) is 0 Å². The average Bonchev–Trinajstić information content (AvgIpc) is 2.48. The third-order valence-corrected chi connectivity index (χ3v) is 2.66. The maximum Gasteiger partial charge on any atom is 0.313 e. The van der Waals surface area contributed by atoms with Crippen LogP contribution < -0.4 is 16.4 Å². The maximum atomic E-state index is 12.0. The summed E-state index contributed by atoms with van der Waals surface area (Å²) < 4.78 is 0. The van der Waals surface area contributed by atoms with Crippen molar-refractivity contribution in [1.82, 2.24) is 0 Å². The number of benzene rings is 2. The molecule has 0 aliphatic rings. The van der Waals surface area contributed by atoms with Crippen molar-refractivity contribution in [3.05, 3.63) is 60.2 Å². The zero-order valence-corrected chi connectivity index (χ0v) is 11.0. The quantitative estimate of drug-likeness (QED) is 0.741. The SMILES string of the molecule is NC(=O)C(=O)Nc1ccc(C(=O)Nc2ccccc2)cc1. The maximum absolute atomic E-state index is 12.0. The Balaban J connectivity index is 2.03. The fourth-order valence-electron chi connectivity index (χ4n) is 1.62. The number of nitrogens with one attached hydrogen (secondary N) is 2. The van der Waals surface area contributed by atoms with Gasteiger partial charge in [-0.2, -0.15) is 0 Å². The molecule has 0 heterocycles. The molecule has 2 rings (SSSR count). The van der Waals surface area contributed by atoms with Crippen LogP contribution in [0.4, 0.5) is 11.4 Å². The number of primary amides is 1. The van der Waals surface area contributed by atoms with E-state index in [2.05, 4.69) is 10.6 Å². The molecular weight excluding hydrogens is 270 g/mol. The molecule has 0 unspecified atom stereocenters. The van der Waals surface area contributed by atoms with E-state index >= 15 is 0 Å². The molecule has 0 aliphatic carbocycles. The van der Waals surface area contributed by atoms with Crippen LogP contribution in [0.25, 0.3) is 0 Å². The van der Waals surface area contributed by atoms with Gasteiger partial charge in [0.1, 0.15) is 0 Å². The molecule has 2 aromatic carbocycles. The van der Waals surface area contributed by atoms with Crippen LogP contribution in [0.15, 0.2) is 54.6 Å². The Labute approximate surface area is 121 Å². The van der Waals surface area contributed by atoms with E-state index < -0.39 is 11.8 Å². The number of carbonyl (C=O) groups excluding carboxylic acids is 3. The molecule has 0 saturated carbocycles. The fourth-order valence-corrected chi connectivity index (χ4v) is 1.62. The van der Waals surface area contributed by atoms with Gasteiger partial charge in [0, 0.05) is 16.9 Å². The molecule has 4 N–H and O–H groups in total. The largest absolute Gasteiger partial charge is 0.361 e. The minimum Gasteiger partial charge on any atom is -0.361 e. The van der Waals surface area contributed by atoms with Gasteiger partial charge in [-0.25, -0.2) is 0 Å². The van der Waals surface area contributed by atoms with E-state index in [1.54, 1.807) is 12.1 Å². The van der Waals surface area contributed by atoms with Gasteiger partial charge in [0.25, 0.3) is 5.91 Å². The number of para-hydroxylation sites is 1. The van der Waals surface area contributed by atoms with Gasteiger partial charge in [-0.1, -0.05) is 18.2 Å². The highest BCUT2D eigenvalue weighted by molar-refractivity contribution is 6.39. The molecule has 3 amide bonds. The summed E-state index contributed by atoms with van der Waals surface area (Å²) in [6.07, 6.45) is 0. The molecular formula is C15H13N3O3. The van der Waals surface area contributed by atoms with Crippen LogP contribution in [0.1, 0.15) is 10.4 Å². The van der Waals surface area contributed by atoms with Gasteiger partial charge < -0.3 is 16.4 Å². The van der Waals surface area contributed by atoms with Crippen LogP contribution in [0.5, 0.6) is 0 Å². The van der Waals surface area contributed by atoms with E-state index in [4.69, 9.17) is 5.73 Å². The predicted octanol–water partition coefficient (Wildman–Crippen LogP) is 1.36. The lowest BCUT2D eigenvalue weighted by Crippen LogP contribution is -2.29. The Morgan fingerprint density at radius 1 is 0.762 bits per heavy atom. The average molecular weight is 283 g/mol. The number of hydrogen-bond donors (Lipinski definition) is 3. The first kappa shape index (κ1) is 14.3. The first-order valence-electron chi connectivity index (χ1n) is 6.13. The lowest BCUT2D eigenvalue weighted by atomic mass is 10.2. The molecule has 0 atom stereocenters. The van der Waals surface area contributed by atoms with E-state index in [9.17, 15) is 14.4 Å². The normalized spacial score (nSPS) is 9.71. The highest BCUT2D eigenvalue weighted by Crippen LogP contribution is 2.12. The Kier molecular flexibility index (Phi) is 4.30. The minimum absolute atomic E-state index is 0.269. The fraction of sp³-hybridized carbons (Fsp3) is 0. The summed E-state index contributed by atoms with van der Waals surface area (Å²) in [6, 6.07) is 15.1. The molecule has 6 heteroatoms. The standard InChI is InChI=1S/C15H13N3O3/c16-13(19)15(21)18-12-8-6-10(7-9-12)14(20)17-11-4-2-1-3-5-11/h1-9H,(H2,16,19)(H,17,20)(H,18,21). The number of nitrogens with two attached hydrogens (primary N) is 1. The Hall–Kier alpha value is -3.15. The van der Waals surface area contributed by atoms with Crippen molar-refractivity contribution >= 4 is 29.1 Å². The summed E-state index contributed by atoms with van der Waals surface area (Å²) in [7, 11) is 0. The number of hydrogen-bond acceptors (Lipinski definition) is 3. The second-order valence-corrected chi connectivity index (χ2v) is 4.22. The molecule has 106 valence electrons. The predicted molar refractivity (Wildman–Crippen MR) is 78.7 cm³/mol. The van der Waals surface area contributed by atoms with E-state index in [1.807, 2.05) is 18.2 Å². The molecule has 2 aromatic rings. The van der Waals surface area contributed by atoms with Gasteiger partial charge >= 0.3 is 11.8 Å². The van der Waals surface area contributed by atoms with E-state index in [1.165, 1.54) is 24.3 Å². The van der Waals surface area contributed by atoms with Gasteiger partial charge in [0.2, 0.25) is 0 Å². The zero-order valence-electron chi connectivity index (χ0n) is 11.0. The molecule has 0 bridgehead atoms. The van der Waals surface area contributed by atoms with Crippen molar-refractivity contribution in [3.63, 3.8) is 0 Å².